The van der Waals surface area contributed by atoms with Crippen molar-refractivity contribution >= 4 is 22.4 Å². The van der Waals surface area contributed by atoms with Crippen LogP contribution in [0.3, 0.4) is 0 Å². The predicted molar refractivity (Wildman–Crippen MR) is 83.9 cm³/mol. The van der Waals surface area contributed by atoms with Gasteiger partial charge in [0.15, 0.2) is 0 Å². The van der Waals surface area contributed by atoms with E-state index in [1.165, 1.54) is 18.2 Å². The molecule has 1 fully saturated rings. The number of benzene rings is 2. The van der Waals surface area contributed by atoms with E-state index in [0.717, 1.165) is 23.6 Å². The molecule has 1 amide bonds. The molecule has 21 heavy (non-hydrogen) atoms. The molecule has 0 saturated heterocycles. The van der Waals surface area contributed by atoms with Gasteiger partial charge in [-0.15, -0.1) is 0 Å². The number of carbonyl (C=O) groups excluding carboxylic acids is 1. The van der Waals surface area contributed by atoms with Gasteiger partial charge in [0.05, 0.1) is 18.7 Å². The van der Waals surface area contributed by atoms with Crippen molar-refractivity contribution in [1.82, 2.24) is 5.43 Å². The van der Waals surface area contributed by atoms with Crippen molar-refractivity contribution in [3.63, 3.8) is 0 Å². The number of hydrazine groups is 1. The number of nitrogens with one attached hydrogen (secondary N) is 2. The van der Waals surface area contributed by atoms with Gasteiger partial charge in [-0.3, -0.25) is 15.6 Å². The molecule has 2 aromatic carbocycles. The fourth-order valence-electron chi connectivity index (χ4n) is 2.17. The van der Waals surface area contributed by atoms with E-state index in [0.29, 0.717) is 13.0 Å². The lowest BCUT2D eigenvalue weighted by molar-refractivity contribution is -0.121. The van der Waals surface area contributed by atoms with Gasteiger partial charge in [0, 0.05) is 6.61 Å². The van der Waals surface area contributed by atoms with E-state index >= 15 is 0 Å². The topological polar surface area (TPSA) is 50.4 Å². The molecule has 0 atom stereocenters. The van der Waals surface area contributed by atoms with Crippen LogP contribution in [0.1, 0.15) is 19.3 Å². The molecule has 1 aliphatic carbocycles. The average Bonchev–Trinajstić information content (AvgIpc) is 3.33. The van der Waals surface area contributed by atoms with Crippen LogP contribution in [-0.2, 0) is 9.53 Å². The summed E-state index contributed by atoms with van der Waals surface area (Å²) < 4.78 is 5.45. The van der Waals surface area contributed by atoms with Crippen molar-refractivity contribution in [3.05, 3.63) is 42.5 Å². The summed E-state index contributed by atoms with van der Waals surface area (Å²) in [6.07, 6.45) is 2.93. The van der Waals surface area contributed by atoms with Gasteiger partial charge in [0.2, 0.25) is 5.91 Å². The second kappa shape index (κ2) is 6.59. The van der Waals surface area contributed by atoms with Gasteiger partial charge in [-0.2, -0.15) is 0 Å². The third-order valence-electron chi connectivity index (χ3n) is 3.62. The monoisotopic (exact) mass is 284 g/mol. The molecule has 0 unspecified atom stereocenters. The Labute approximate surface area is 124 Å². The molecule has 0 aliphatic heterocycles. The van der Waals surface area contributed by atoms with Crippen molar-refractivity contribution in [2.75, 3.05) is 18.6 Å². The first-order valence-corrected chi connectivity index (χ1v) is 7.43. The first-order valence-electron chi connectivity index (χ1n) is 7.43. The fraction of sp³-hybridized carbons (Fsp3) is 0.353. The summed E-state index contributed by atoms with van der Waals surface area (Å²) in [4.78, 5) is 11.7. The third kappa shape index (κ3) is 4.20. The van der Waals surface area contributed by atoms with E-state index < -0.39 is 0 Å². The Hall–Kier alpha value is -2.07. The first-order chi connectivity index (χ1) is 10.3. The van der Waals surface area contributed by atoms with E-state index in [-0.39, 0.29) is 5.91 Å². The smallest absolute Gasteiger partial charge is 0.240 e. The summed E-state index contributed by atoms with van der Waals surface area (Å²) in [5.74, 6) is 0.683. The Kier molecular flexibility index (Phi) is 4.36. The zero-order chi connectivity index (χ0) is 14.5. The van der Waals surface area contributed by atoms with Crippen LogP contribution in [0, 0.1) is 5.92 Å². The summed E-state index contributed by atoms with van der Waals surface area (Å²) in [6.45, 7) is 1.28. The van der Waals surface area contributed by atoms with Gasteiger partial charge in [-0.05, 0) is 41.7 Å². The largest absolute Gasteiger partial charge is 0.381 e. The van der Waals surface area contributed by atoms with Crippen molar-refractivity contribution in [2.45, 2.75) is 19.3 Å². The highest BCUT2D eigenvalue weighted by atomic mass is 16.5. The lowest BCUT2D eigenvalue weighted by atomic mass is 10.1. The Bertz CT molecular complexity index is 623. The minimum atomic E-state index is -0.0565. The highest BCUT2D eigenvalue weighted by molar-refractivity contribution is 5.86. The van der Waals surface area contributed by atoms with Gasteiger partial charge in [0.1, 0.15) is 0 Å². The van der Waals surface area contributed by atoms with E-state index in [1.54, 1.807) is 0 Å². The van der Waals surface area contributed by atoms with Crippen molar-refractivity contribution in [1.29, 1.82) is 0 Å². The molecule has 2 N–H and O–H groups in total. The minimum Gasteiger partial charge on any atom is -0.381 e. The van der Waals surface area contributed by atoms with Crippen LogP contribution >= 0.6 is 0 Å². The van der Waals surface area contributed by atoms with E-state index in [9.17, 15) is 4.79 Å². The highest BCUT2D eigenvalue weighted by Crippen LogP contribution is 2.28. The Morgan fingerprint density at radius 3 is 2.76 bits per heavy atom. The van der Waals surface area contributed by atoms with Crippen LogP contribution in [0.4, 0.5) is 5.69 Å². The molecular formula is C17H20N2O2. The van der Waals surface area contributed by atoms with Gasteiger partial charge < -0.3 is 4.74 Å². The predicted octanol–water partition coefficient (Wildman–Crippen LogP) is 3.10. The van der Waals surface area contributed by atoms with Gasteiger partial charge in [0.25, 0.3) is 0 Å². The maximum Gasteiger partial charge on any atom is 0.240 e. The van der Waals surface area contributed by atoms with Crippen LogP contribution in [0.25, 0.3) is 10.8 Å². The number of rotatable bonds is 7. The molecule has 4 heteroatoms. The summed E-state index contributed by atoms with van der Waals surface area (Å²) in [7, 11) is 0. The molecule has 0 heterocycles. The molecule has 1 saturated carbocycles. The lowest BCUT2D eigenvalue weighted by Crippen LogP contribution is -2.30. The summed E-state index contributed by atoms with van der Waals surface area (Å²) >= 11 is 0. The highest BCUT2D eigenvalue weighted by Gasteiger charge is 2.21. The van der Waals surface area contributed by atoms with Crippen molar-refractivity contribution < 1.29 is 9.53 Å². The number of fused-ring (bicyclic) bond motifs is 1. The van der Waals surface area contributed by atoms with Gasteiger partial charge in [-0.25, -0.2) is 0 Å². The summed E-state index contributed by atoms with van der Waals surface area (Å²) in [5.41, 5.74) is 6.52. The van der Waals surface area contributed by atoms with Crippen LogP contribution in [-0.4, -0.2) is 19.1 Å². The zero-order valence-corrected chi connectivity index (χ0v) is 12.0. The number of amides is 1. The summed E-state index contributed by atoms with van der Waals surface area (Å²) in [5, 5.41) is 2.33. The Morgan fingerprint density at radius 1 is 1.14 bits per heavy atom. The standard InChI is InChI=1S/C17H20N2O2/c20-17(9-10-21-12-13-5-6-13)19-18-16-8-7-14-3-1-2-4-15(14)11-16/h1-4,7-8,11,13,18H,5-6,9-10,12H2,(H,19,20). The quantitative estimate of drug-likeness (QED) is 0.607. The molecule has 4 nitrogen and oxygen atoms in total. The van der Waals surface area contributed by atoms with E-state index in [2.05, 4.69) is 16.9 Å². The SMILES string of the molecule is O=C(CCOCC1CC1)NNc1ccc2ccccc2c1. The van der Waals surface area contributed by atoms with Crippen LogP contribution in [0.5, 0.6) is 0 Å². The first kappa shape index (κ1) is 13.9. The number of hydrogen-bond acceptors (Lipinski definition) is 3. The number of ether oxygens (including phenoxy) is 1. The molecule has 3 rings (SSSR count). The van der Waals surface area contributed by atoms with Crippen LogP contribution in [0.2, 0.25) is 0 Å². The molecular weight excluding hydrogens is 264 g/mol. The minimum absolute atomic E-state index is 0.0565. The van der Waals surface area contributed by atoms with E-state index in [1.807, 2.05) is 36.4 Å². The Balaban J connectivity index is 1.43. The van der Waals surface area contributed by atoms with Crippen molar-refractivity contribution in [3.8, 4) is 0 Å². The van der Waals surface area contributed by atoms with E-state index in [4.69, 9.17) is 4.74 Å². The normalized spacial score (nSPS) is 14.1. The molecule has 2 aromatic rings. The van der Waals surface area contributed by atoms with Crippen LogP contribution < -0.4 is 10.9 Å². The molecule has 1 aliphatic rings. The van der Waals surface area contributed by atoms with Crippen LogP contribution in [0.15, 0.2) is 42.5 Å². The molecule has 0 aromatic heterocycles. The maximum absolute atomic E-state index is 11.7. The molecule has 0 spiro atoms. The lowest BCUT2D eigenvalue weighted by Gasteiger charge is -2.09. The summed E-state index contributed by atoms with van der Waals surface area (Å²) in [6, 6.07) is 14.1. The van der Waals surface area contributed by atoms with Gasteiger partial charge in [-0.1, -0.05) is 30.3 Å². The molecule has 110 valence electrons. The molecule has 0 radical (unpaired) electrons. The fourth-order valence-corrected chi connectivity index (χ4v) is 2.17. The number of carbonyl (C=O) groups is 1. The second-order valence-electron chi connectivity index (χ2n) is 5.50. The Morgan fingerprint density at radius 2 is 1.95 bits per heavy atom. The maximum atomic E-state index is 11.7. The van der Waals surface area contributed by atoms with Crippen molar-refractivity contribution in [2.24, 2.45) is 5.92 Å². The third-order valence-corrected chi connectivity index (χ3v) is 3.62. The zero-order valence-electron chi connectivity index (χ0n) is 12.0. The molecule has 0 bridgehead atoms. The number of hydrogen-bond donors (Lipinski definition) is 2. The average molecular weight is 284 g/mol. The van der Waals surface area contributed by atoms with Gasteiger partial charge >= 0.3 is 0 Å². The second-order valence-corrected chi connectivity index (χ2v) is 5.50. The number of anilines is 1.